The number of hydrogen-bond acceptors (Lipinski definition) is 5. The molecule has 2 amide bonds. The summed E-state index contributed by atoms with van der Waals surface area (Å²) in [7, 11) is -3.58. The van der Waals surface area contributed by atoms with Gasteiger partial charge < -0.3 is 10.6 Å². The molecular weight excluding hydrogens is 535 g/mol. The lowest BCUT2D eigenvalue weighted by atomic mass is 9.94. The maximum Gasteiger partial charge on any atom is 0.255 e. The average Bonchev–Trinajstić information content (AvgIpc) is 3.30. The molecule has 2 unspecified atom stereocenters. The molecule has 1 saturated carbocycles. The van der Waals surface area contributed by atoms with Crippen molar-refractivity contribution in [3.05, 3.63) is 88.1 Å². The predicted octanol–water partition coefficient (Wildman–Crippen LogP) is 3.54. The van der Waals surface area contributed by atoms with Crippen LogP contribution in [0.4, 0.5) is 15.8 Å². The second-order valence-corrected chi connectivity index (χ2v) is 11.4. The SMILES string of the molecule is CCS(=O)(=O)NC1CC(C(=O)Nc2ccc(Cl)cc2)[C@@H](C(=O)Nc2ccc(-n3ccccc3=O)cc2F)C1. The van der Waals surface area contributed by atoms with Crippen LogP contribution in [0.15, 0.2) is 71.7 Å². The van der Waals surface area contributed by atoms with Gasteiger partial charge in [-0.1, -0.05) is 17.7 Å². The molecule has 12 heteroatoms. The van der Waals surface area contributed by atoms with Crippen LogP contribution < -0.4 is 20.9 Å². The molecule has 3 atom stereocenters. The topological polar surface area (TPSA) is 126 Å². The molecule has 1 fully saturated rings. The summed E-state index contributed by atoms with van der Waals surface area (Å²) >= 11 is 5.90. The number of rotatable bonds is 8. The second kappa shape index (κ2) is 11.5. The van der Waals surface area contributed by atoms with Crippen LogP contribution in [-0.2, 0) is 19.6 Å². The van der Waals surface area contributed by atoms with Crippen LogP contribution in [0.2, 0.25) is 5.02 Å². The number of halogens is 2. The Hall–Kier alpha value is -3.54. The van der Waals surface area contributed by atoms with Crippen LogP contribution in [0.25, 0.3) is 5.69 Å². The number of hydrogen-bond donors (Lipinski definition) is 3. The molecule has 38 heavy (non-hydrogen) atoms. The van der Waals surface area contributed by atoms with Crippen molar-refractivity contribution in [1.29, 1.82) is 0 Å². The smallest absolute Gasteiger partial charge is 0.255 e. The van der Waals surface area contributed by atoms with Crippen molar-refractivity contribution in [3.63, 3.8) is 0 Å². The van der Waals surface area contributed by atoms with Crippen LogP contribution in [0, 0.1) is 17.7 Å². The summed E-state index contributed by atoms with van der Waals surface area (Å²) in [6.45, 7) is 1.49. The van der Waals surface area contributed by atoms with E-state index in [1.165, 1.54) is 35.9 Å². The van der Waals surface area contributed by atoms with Gasteiger partial charge in [0, 0.05) is 35.1 Å². The van der Waals surface area contributed by atoms with Crippen molar-refractivity contribution in [1.82, 2.24) is 9.29 Å². The lowest BCUT2D eigenvalue weighted by Crippen LogP contribution is -2.34. The van der Waals surface area contributed by atoms with E-state index < -0.39 is 45.5 Å². The number of pyridine rings is 1. The Morgan fingerprint density at radius 1 is 1.00 bits per heavy atom. The molecule has 0 radical (unpaired) electrons. The number of carbonyl (C=O) groups is 2. The third-order valence-electron chi connectivity index (χ3n) is 6.39. The zero-order chi connectivity index (χ0) is 27.4. The summed E-state index contributed by atoms with van der Waals surface area (Å²) < 4.78 is 43.0. The van der Waals surface area contributed by atoms with Gasteiger partial charge in [-0.2, -0.15) is 0 Å². The van der Waals surface area contributed by atoms with Crippen molar-refractivity contribution < 1.29 is 22.4 Å². The zero-order valence-electron chi connectivity index (χ0n) is 20.4. The van der Waals surface area contributed by atoms with Crippen molar-refractivity contribution in [2.45, 2.75) is 25.8 Å². The van der Waals surface area contributed by atoms with Crippen LogP contribution >= 0.6 is 11.6 Å². The molecule has 3 N–H and O–H groups in total. The average molecular weight is 561 g/mol. The normalized spacial score (nSPS) is 19.2. The maximum absolute atomic E-state index is 14.9. The number of anilines is 2. The molecule has 0 aliphatic heterocycles. The van der Waals surface area contributed by atoms with E-state index in [0.29, 0.717) is 10.7 Å². The Kier molecular flexibility index (Phi) is 8.29. The van der Waals surface area contributed by atoms with Gasteiger partial charge >= 0.3 is 0 Å². The quantitative estimate of drug-likeness (QED) is 0.388. The number of nitrogens with zero attached hydrogens (tertiary/aromatic N) is 1. The summed E-state index contributed by atoms with van der Waals surface area (Å²) in [6.07, 6.45) is 1.65. The van der Waals surface area contributed by atoms with Gasteiger partial charge in [0.1, 0.15) is 5.82 Å². The van der Waals surface area contributed by atoms with Gasteiger partial charge in [0.05, 0.1) is 29.0 Å². The highest BCUT2D eigenvalue weighted by Gasteiger charge is 2.44. The number of nitrogens with one attached hydrogen (secondary N) is 3. The number of carbonyl (C=O) groups excluding carboxylic acids is 2. The Balaban J connectivity index is 1.54. The Morgan fingerprint density at radius 2 is 1.66 bits per heavy atom. The molecule has 200 valence electrons. The molecule has 0 spiro atoms. The molecule has 0 bridgehead atoms. The molecule has 4 rings (SSSR count). The summed E-state index contributed by atoms with van der Waals surface area (Å²) in [4.78, 5) is 38.4. The highest BCUT2D eigenvalue weighted by Crippen LogP contribution is 2.35. The van der Waals surface area contributed by atoms with E-state index >= 15 is 0 Å². The fraction of sp³-hybridized carbons (Fsp3) is 0.269. The number of sulfonamides is 1. The van der Waals surface area contributed by atoms with Gasteiger partial charge in [0.25, 0.3) is 5.56 Å². The Labute approximate surface area is 224 Å². The molecule has 0 saturated heterocycles. The minimum Gasteiger partial charge on any atom is -0.326 e. The first-order chi connectivity index (χ1) is 18.1. The molecule has 1 heterocycles. The molecule has 9 nitrogen and oxygen atoms in total. The van der Waals surface area contributed by atoms with Gasteiger partial charge in [-0.15, -0.1) is 0 Å². The summed E-state index contributed by atoms with van der Waals surface area (Å²) in [6, 6.07) is 14.2. The lowest BCUT2D eigenvalue weighted by molar-refractivity contribution is -0.128. The van der Waals surface area contributed by atoms with Crippen LogP contribution in [0.5, 0.6) is 0 Å². The first-order valence-electron chi connectivity index (χ1n) is 11.9. The van der Waals surface area contributed by atoms with E-state index in [1.807, 2.05) is 0 Å². The number of amides is 2. The molecule has 3 aromatic rings. The van der Waals surface area contributed by atoms with Gasteiger partial charge in [0.15, 0.2) is 0 Å². The van der Waals surface area contributed by atoms with Crippen molar-refractivity contribution in [2.24, 2.45) is 11.8 Å². The van der Waals surface area contributed by atoms with Gasteiger partial charge in [-0.25, -0.2) is 17.5 Å². The standard InChI is InChI=1S/C26H26ClFN4O5S/c1-2-38(36,37)31-18-13-20(25(34)29-17-8-6-16(27)7-9-17)21(14-18)26(35)30-23-11-10-19(15-22(23)28)32-12-4-3-5-24(32)33/h3-12,15,18,20-21,31H,2,13-14H2,1H3,(H,29,34)(H,30,35)/t18?,20?,21-/m0/s1. The zero-order valence-corrected chi connectivity index (χ0v) is 21.9. The summed E-state index contributed by atoms with van der Waals surface area (Å²) in [5.41, 5.74) is 0.275. The molecule has 1 aliphatic rings. The van der Waals surface area contributed by atoms with Crippen LogP contribution in [0.3, 0.4) is 0 Å². The predicted molar refractivity (Wildman–Crippen MR) is 143 cm³/mol. The number of aromatic nitrogens is 1. The van der Waals surface area contributed by atoms with E-state index in [-0.39, 0.29) is 35.5 Å². The largest absolute Gasteiger partial charge is 0.326 e. The molecule has 2 aromatic carbocycles. The second-order valence-electron chi connectivity index (χ2n) is 8.96. The minimum absolute atomic E-state index is 0.0584. The first kappa shape index (κ1) is 27.5. The van der Waals surface area contributed by atoms with E-state index in [0.717, 1.165) is 6.07 Å². The highest BCUT2D eigenvalue weighted by atomic mass is 35.5. The van der Waals surface area contributed by atoms with Crippen molar-refractivity contribution in [2.75, 3.05) is 16.4 Å². The fourth-order valence-electron chi connectivity index (χ4n) is 4.44. The fourth-order valence-corrected chi connectivity index (χ4v) is 5.43. The van der Waals surface area contributed by atoms with E-state index in [9.17, 15) is 27.2 Å². The Bertz CT molecular complexity index is 1510. The molecule has 1 aliphatic carbocycles. The first-order valence-corrected chi connectivity index (χ1v) is 13.9. The molecular formula is C26H26ClFN4O5S. The third kappa shape index (κ3) is 6.47. The molecule has 1 aromatic heterocycles. The number of benzene rings is 2. The van der Waals surface area contributed by atoms with Crippen molar-refractivity contribution in [3.8, 4) is 5.69 Å². The summed E-state index contributed by atoms with van der Waals surface area (Å²) in [5.74, 6) is -3.81. The summed E-state index contributed by atoms with van der Waals surface area (Å²) in [5, 5.41) is 5.75. The monoisotopic (exact) mass is 560 g/mol. The third-order valence-corrected chi connectivity index (χ3v) is 8.09. The van der Waals surface area contributed by atoms with Crippen LogP contribution in [-0.4, -0.2) is 36.6 Å². The van der Waals surface area contributed by atoms with Crippen LogP contribution in [0.1, 0.15) is 19.8 Å². The Morgan fingerprint density at radius 3 is 2.26 bits per heavy atom. The van der Waals surface area contributed by atoms with E-state index in [2.05, 4.69) is 15.4 Å². The highest BCUT2D eigenvalue weighted by molar-refractivity contribution is 7.89. The van der Waals surface area contributed by atoms with E-state index in [1.54, 1.807) is 36.4 Å². The maximum atomic E-state index is 14.9. The van der Waals surface area contributed by atoms with E-state index in [4.69, 9.17) is 11.6 Å². The minimum atomic E-state index is -3.58. The van der Waals surface area contributed by atoms with Gasteiger partial charge in [0.2, 0.25) is 21.8 Å². The van der Waals surface area contributed by atoms with Gasteiger partial charge in [-0.3, -0.25) is 19.0 Å². The lowest BCUT2D eigenvalue weighted by Gasteiger charge is -2.19. The van der Waals surface area contributed by atoms with Gasteiger partial charge in [-0.05, 0) is 62.2 Å². The van der Waals surface area contributed by atoms with Crippen molar-refractivity contribution >= 4 is 44.8 Å².